The number of ether oxygens (including phenoxy) is 1. The maximum absolute atomic E-state index is 12.6. The van der Waals surface area contributed by atoms with E-state index in [1.54, 1.807) is 46.4 Å². The number of aromatic nitrogens is 1. The van der Waals surface area contributed by atoms with Gasteiger partial charge in [-0.2, -0.15) is 0 Å². The average Bonchev–Trinajstić information content (AvgIpc) is 3.18. The molecule has 0 saturated carbocycles. The number of carbonyl (C=O) groups excluding carboxylic acids is 2. The Hall–Kier alpha value is -2.61. The molecule has 7 nitrogen and oxygen atoms in total. The van der Waals surface area contributed by atoms with Crippen LogP contribution in [0.5, 0.6) is 0 Å². The first-order chi connectivity index (χ1) is 12.4. The van der Waals surface area contributed by atoms with E-state index in [0.717, 1.165) is 15.6 Å². The van der Waals surface area contributed by atoms with Crippen LogP contribution in [-0.2, 0) is 4.74 Å². The molecule has 26 heavy (non-hydrogen) atoms. The summed E-state index contributed by atoms with van der Waals surface area (Å²) >= 11 is 1.63. The van der Waals surface area contributed by atoms with Gasteiger partial charge < -0.3 is 15.0 Å². The molecule has 1 aliphatic heterocycles. The summed E-state index contributed by atoms with van der Waals surface area (Å²) < 4.78 is 4.96. The van der Waals surface area contributed by atoms with E-state index in [0.29, 0.717) is 24.5 Å². The first-order valence-corrected chi connectivity index (χ1v) is 9.20. The molecule has 2 aromatic rings. The summed E-state index contributed by atoms with van der Waals surface area (Å²) in [6.45, 7) is 6.82. The van der Waals surface area contributed by atoms with Crippen molar-refractivity contribution in [1.29, 1.82) is 0 Å². The minimum atomic E-state index is -0.367. The number of aryl methyl sites for hydroxylation is 2. The van der Waals surface area contributed by atoms with Crippen LogP contribution in [-0.4, -0.2) is 42.2 Å². The second kappa shape index (κ2) is 7.33. The van der Waals surface area contributed by atoms with Gasteiger partial charge in [0.1, 0.15) is 6.61 Å². The summed E-state index contributed by atoms with van der Waals surface area (Å²) in [5, 5.41) is 3.87. The number of nitrogens with zero attached hydrogens (tertiary/aromatic N) is 3. The highest BCUT2D eigenvalue weighted by Gasteiger charge is 2.25. The fraction of sp³-hybridized carbons (Fsp3) is 0.389. The molecular weight excluding hydrogens is 352 g/mol. The van der Waals surface area contributed by atoms with Crippen molar-refractivity contribution in [1.82, 2.24) is 9.88 Å². The zero-order valence-corrected chi connectivity index (χ0v) is 16.1. The molecule has 1 fully saturated rings. The molecule has 1 aliphatic rings. The molecule has 1 saturated heterocycles. The standard InChI is InChI=1S/C18H22N4O3S/c1-11(16-12(2)26-13(3)19-16)21(4)17(23)20-14-6-5-7-15(10-14)22-8-9-25-18(22)24/h5-7,10-11H,8-9H2,1-4H3,(H,20,23)/t11-/m0/s1. The van der Waals surface area contributed by atoms with Crippen LogP contribution in [0.15, 0.2) is 24.3 Å². The largest absolute Gasteiger partial charge is 0.447 e. The minimum absolute atomic E-state index is 0.142. The second-order valence-corrected chi connectivity index (χ2v) is 7.61. The topological polar surface area (TPSA) is 74.8 Å². The highest BCUT2D eigenvalue weighted by molar-refractivity contribution is 7.11. The van der Waals surface area contributed by atoms with Crippen molar-refractivity contribution >= 4 is 34.8 Å². The summed E-state index contributed by atoms with van der Waals surface area (Å²) in [6, 6.07) is 6.80. The van der Waals surface area contributed by atoms with Gasteiger partial charge in [-0.25, -0.2) is 14.6 Å². The molecule has 0 spiro atoms. The first-order valence-electron chi connectivity index (χ1n) is 8.39. The quantitative estimate of drug-likeness (QED) is 0.879. The Morgan fingerprint density at radius 1 is 1.42 bits per heavy atom. The number of urea groups is 1. The number of rotatable bonds is 4. The fourth-order valence-electron chi connectivity index (χ4n) is 2.88. The van der Waals surface area contributed by atoms with Gasteiger partial charge in [0.2, 0.25) is 0 Å². The lowest BCUT2D eigenvalue weighted by Crippen LogP contribution is -2.34. The van der Waals surface area contributed by atoms with Crippen molar-refractivity contribution in [3.63, 3.8) is 0 Å². The van der Waals surface area contributed by atoms with Crippen molar-refractivity contribution in [2.24, 2.45) is 0 Å². The van der Waals surface area contributed by atoms with E-state index in [-0.39, 0.29) is 18.2 Å². The van der Waals surface area contributed by atoms with Crippen LogP contribution in [0, 0.1) is 13.8 Å². The lowest BCUT2D eigenvalue weighted by molar-refractivity contribution is 0.181. The number of benzene rings is 1. The lowest BCUT2D eigenvalue weighted by Gasteiger charge is -2.25. The van der Waals surface area contributed by atoms with Crippen LogP contribution in [0.4, 0.5) is 21.0 Å². The monoisotopic (exact) mass is 374 g/mol. The predicted octanol–water partition coefficient (Wildman–Crippen LogP) is 3.94. The summed E-state index contributed by atoms with van der Waals surface area (Å²) in [7, 11) is 1.75. The third-order valence-corrected chi connectivity index (χ3v) is 5.31. The number of nitrogens with one attached hydrogen (secondary N) is 1. The van der Waals surface area contributed by atoms with Gasteiger partial charge in [0.15, 0.2) is 0 Å². The van der Waals surface area contributed by atoms with Crippen LogP contribution >= 0.6 is 11.3 Å². The van der Waals surface area contributed by atoms with Crippen molar-refractivity contribution in [2.45, 2.75) is 26.8 Å². The van der Waals surface area contributed by atoms with Crippen molar-refractivity contribution in [3.8, 4) is 0 Å². The molecule has 1 atom stereocenters. The number of hydrogen-bond donors (Lipinski definition) is 1. The van der Waals surface area contributed by atoms with Gasteiger partial charge in [0.05, 0.1) is 23.3 Å². The van der Waals surface area contributed by atoms with Gasteiger partial charge in [-0.3, -0.25) is 4.90 Å². The molecule has 1 aromatic carbocycles. The van der Waals surface area contributed by atoms with Crippen molar-refractivity contribution in [3.05, 3.63) is 39.8 Å². The Labute approximate surface area is 156 Å². The Balaban J connectivity index is 1.71. The number of cyclic esters (lactones) is 1. The highest BCUT2D eigenvalue weighted by Crippen LogP contribution is 2.27. The molecule has 8 heteroatoms. The molecule has 0 unspecified atom stereocenters. The van der Waals surface area contributed by atoms with Crippen LogP contribution in [0.3, 0.4) is 0 Å². The SMILES string of the molecule is Cc1nc([C@H](C)N(C)C(=O)Nc2cccc(N3CCOC3=O)c2)c(C)s1. The van der Waals surface area contributed by atoms with Crippen molar-refractivity contribution < 1.29 is 14.3 Å². The molecule has 1 N–H and O–H groups in total. The Morgan fingerprint density at radius 3 is 2.81 bits per heavy atom. The van der Waals surface area contributed by atoms with E-state index in [2.05, 4.69) is 10.3 Å². The molecule has 2 heterocycles. The summed E-state index contributed by atoms with van der Waals surface area (Å²) in [4.78, 5) is 33.1. The molecule has 138 valence electrons. The molecule has 0 aliphatic carbocycles. The van der Waals surface area contributed by atoms with E-state index in [1.807, 2.05) is 26.8 Å². The number of anilines is 2. The van der Waals surface area contributed by atoms with Gasteiger partial charge in [0, 0.05) is 23.3 Å². The van der Waals surface area contributed by atoms with Crippen LogP contribution in [0.1, 0.15) is 28.5 Å². The van der Waals surface area contributed by atoms with E-state index in [4.69, 9.17) is 4.74 Å². The lowest BCUT2D eigenvalue weighted by atomic mass is 10.2. The molecule has 3 amide bonds. The average molecular weight is 374 g/mol. The molecule has 1 aromatic heterocycles. The first kappa shape index (κ1) is 18.2. The fourth-order valence-corrected chi connectivity index (χ4v) is 3.79. The predicted molar refractivity (Wildman–Crippen MR) is 102 cm³/mol. The van der Waals surface area contributed by atoms with E-state index in [9.17, 15) is 9.59 Å². The Morgan fingerprint density at radius 2 is 2.19 bits per heavy atom. The Bertz CT molecular complexity index is 836. The molecule has 0 bridgehead atoms. The normalized spacial score (nSPS) is 14.9. The summed E-state index contributed by atoms with van der Waals surface area (Å²) in [6.07, 6.45) is -0.367. The van der Waals surface area contributed by atoms with Crippen molar-refractivity contribution in [2.75, 3.05) is 30.4 Å². The van der Waals surface area contributed by atoms with Crippen LogP contribution < -0.4 is 10.2 Å². The second-order valence-electron chi connectivity index (χ2n) is 6.21. The summed E-state index contributed by atoms with van der Waals surface area (Å²) in [5.41, 5.74) is 2.24. The maximum Gasteiger partial charge on any atom is 0.414 e. The zero-order chi connectivity index (χ0) is 18.8. The van der Waals surface area contributed by atoms with Crippen LogP contribution in [0.25, 0.3) is 0 Å². The molecule has 3 rings (SSSR count). The maximum atomic E-state index is 12.6. The van der Waals surface area contributed by atoms with E-state index in [1.165, 1.54) is 0 Å². The number of thiazole rings is 1. The minimum Gasteiger partial charge on any atom is -0.447 e. The van der Waals surface area contributed by atoms with E-state index >= 15 is 0 Å². The zero-order valence-electron chi connectivity index (χ0n) is 15.3. The molecular formula is C18H22N4O3S. The van der Waals surface area contributed by atoms with Gasteiger partial charge in [-0.15, -0.1) is 11.3 Å². The molecule has 0 radical (unpaired) electrons. The Kier molecular flexibility index (Phi) is 5.13. The third kappa shape index (κ3) is 3.65. The third-order valence-electron chi connectivity index (χ3n) is 4.41. The van der Waals surface area contributed by atoms with Gasteiger partial charge in [-0.05, 0) is 39.0 Å². The highest BCUT2D eigenvalue weighted by atomic mass is 32.1. The number of amides is 3. The van der Waals surface area contributed by atoms with E-state index < -0.39 is 0 Å². The smallest absolute Gasteiger partial charge is 0.414 e. The van der Waals surface area contributed by atoms with Gasteiger partial charge in [0.25, 0.3) is 0 Å². The van der Waals surface area contributed by atoms with Gasteiger partial charge >= 0.3 is 12.1 Å². The summed E-state index contributed by atoms with van der Waals surface area (Å²) in [5.74, 6) is 0. The number of hydrogen-bond acceptors (Lipinski definition) is 5. The van der Waals surface area contributed by atoms with Gasteiger partial charge in [-0.1, -0.05) is 6.07 Å². The van der Waals surface area contributed by atoms with Crippen LogP contribution in [0.2, 0.25) is 0 Å². The number of carbonyl (C=O) groups is 2.